The van der Waals surface area contributed by atoms with Gasteiger partial charge in [-0.2, -0.15) is 4.72 Å². The number of hydrogen-bond donors (Lipinski definition) is 3. The summed E-state index contributed by atoms with van der Waals surface area (Å²) in [6, 6.07) is 3.66. The van der Waals surface area contributed by atoms with Gasteiger partial charge in [0.05, 0.1) is 4.90 Å². The minimum absolute atomic E-state index is 0.0267. The summed E-state index contributed by atoms with van der Waals surface area (Å²) in [4.78, 5) is 11.7. The van der Waals surface area contributed by atoms with Crippen molar-refractivity contribution in [3.63, 3.8) is 0 Å². The third-order valence-electron chi connectivity index (χ3n) is 4.33. The highest BCUT2D eigenvalue weighted by Crippen LogP contribution is 2.33. The summed E-state index contributed by atoms with van der Waals surface area (Å²) in [7, 11) is -3.93. The fraction of sp³-hybridized carbons (Fsp3) is 0.438. The van der Waals surface area contributed by atoms with Crippen molar-refractivity contribution in [3.05, 3.63) is 29.5 Å². The molecule has 1 heterocycles. The number of sulfonamides is 1. The highest BCUT2D eigenvalue weighted by Gasteiger charge is 2.29. The number of hydroxylamine groups is 1. The summed E-state index contributed by atoms with van der Waals surface area (Å²) in [5.41, 5.74) is 3.18. The van der Waals surface area contributed by atoms with E-state index in [-0.39, 0.29) is 10.8 Å². The molecule has 0 radical (unpaired) electrons. The van der Waals surface area contributed by atoms with Crippen LogP contribution in [0.25, 0.3) is 11.0 Å². The molecule has 1 aliphatic carbocycles. The highest BCUT2D eigenvalue weighted by molar-refractivity contribution is 7.89. The molecule has 0 spiro atoms. The maximum Gasteiger partial charge on any atom is 0.261 e. The number of furan rings is 1. The summed E-state index contributed by atoms with van der Waals surface area (Å²) in [5.74, 6) is -0.207. The number of benzene rings is 1. The first-order valence-corrected chi connectivity index (χ1v) is 9.32. The molecule has 1 atom stereocenters. The number of nitrogens with one attached hydrogen (secondary N) is 2. The minimum atomic E-state index is -3.93. The van der Waals surface area contributed by atoms with E-state index in [1.165, 1.54) is 17.6 Å². The smallest absolute Gasteiger partial charge is 0.261 e. The molecular formula is C16H20N2O5S. The van der Waals surface area contributed by atoms with Crippen LogP contribution in [0.15, 0.2) is 27.5 Å². The van der Waals surface area contributed by atoms with Crippen molar-refractivity contribution in [2.75, 3.05) is 0 Å². The summed E-state index contributed by atoms with van der Waals surface area (Å²) in [5, 5.41) is 9.72. The van der Waals surface area contributed by atoms with Gasteiger partial charge in [0.1, 0.15) is 17.4 Å². The van der Waals surface area contributed by atoms with E-state index in [1.807, 2.05) is 0 Å². The van der Waals surface area contributed by atoms with Gasteiger partial charge in [0.2, 0.25) is 10.0 Å². The van der Waals surface area contributed by atoms with Gasteiger partial charge in [-0.05, 0) is 30.9 Å². The number of carbonyl (C=O) groups excluding carboxylic acids is 1. The van der Waals surface area contributed by atoms with E-state index in [2.05, 4.69) is 4.72 Å². The Morgan fingerprint density at radius 3 is 2.71 bits per heavy atom. The zero-order chi connectivity index (χ0) is 17.5. The first kappa shape index (κ1) is 16.9. The van der Waals surface area contributed by atoms with Crippen LogP contribution in [-0.2, 0) is 27.7 Å². The van der Waals surface area contributed by atoms with Crippen LogP contribution < -0.4 is 10.2 Å². The van der Waals surface area contributed by atoms with Crippen LogP contribution in [0.5, 0.6) is 0 Å². The Morgan fingerprint density at radius 1 is 1.29 bits per heavy atom. The molecule has 0 saturated heterocycles. The lowest BCUT2D eigenvalue weighted by molar-refractivity contribution is -0.131. The summed E-state index contributed by atoms with van der Waals surface area (Å²) >= 11 is 0. The highest BCUT2D eigenvalue weighted by atomic mass is 32.2. The molecule has 0 aliphatic heterocycles. The van der Waals surface area contributed by atoms with Gasteiger partial charge in [0.15, 0.2) is 0 Å². The van der Waals surface area contributed by atoms with Gasteiger partial charge in [-0.1, -0.05) is 13.8 Å². The van der Waals surface area contributed by atoms with Gasteiger partial charge in [-0.15, -0.1) is 0 Å². The van der Waals surface area contributed by atoms with Crippen molar-refractivity contribution >= 4 is 26.9 Å². The summed E-state index contributed by atoms with van der Waals surface area (Å²) < 4.78 is 33.2. The topological polar surface area (TPSA) is 109 Å². The number of rotatable bonds is 5. The second-order valence-corrected chi connectivity index (χ2v) is 8.05. The van der Waals surface area contributed by atoms with Gasteiger partial charge in [-0.3, -0.25) is 10.0 Å². The number of carbonyl (C=O) groups is 1. The number of aryl methyl sites for hydroxylation is 2. The maximum atomic E-state index is 12.6. The van der Waals surface area contributed by atoms with Gasteiger partial charge in [0, 0.05) is 23.4 Å². The summed E-state index contributed by atoms with van der Waals surface area (Å²) in [6.07, 6.45) is 2.87. The zero-order valence-electron chi connectivity index (χ0n) is 13.5. The molecule has 8 heteroatoms. The van der Waals surface area contributed by atoms with Crippen LogP contribution in [0, 0.1) is 5.92 Å². The van der Waals surface area contributed by atoms with Crippen LogP contribution in [-0.4, -0.2) is 25.6 Å². The molecule has 1 amide bonds. The van der Waals surface area contributed by atoms with Crippen LogP contribution in [0.2, 0.25) is 0 Å². The van der Waals surface area contributed by atoms with E-state index in [0.717, 1.165) is 36.0 Å². The van der Waals surface area contributed by atoms with Crippen molar-refractivity contribution < 1.29 is 22.8 Å². The molecule has 0 saturated carbocycles. The Balaban J connectivity index is 1.94. The molecular weight excluding hydrogens is 332 g/mol. The Hall–Kier alpha value is -1.90. The molecule has 130 valence electrons. The zero-order valence-corrected chi connectivity index (χ0v) is 14.3. The normalized spacial score (nSPS) is 15.7. The van der Waals surface area contributed by atoms with E-state index in [0.29, 0.717) is 5.58 Å². The molecule has 3 N–H and O–H groups in total. The molecule has 3 rings (SSSR count). The van der Waals surface area contributed by atoms with E-state index in [4.69, 9.17) is 9.62 Å². The molecule has 1 aromatic heterocycles. The van der Waals surface area contributed by atoms with Crippen molar-refractivity contribution in [1.29, 1.82) is 0 Å². The predicted molar refractivity (Wildman–Crippen MR) is 87.1 cm³/mol. The molecule has 0 fully saturated rings. The van der Waals surface area contributed by atoms with Gasteiger partial charge >= 0.3 is 0 Å². The van der Waals surface area contributed by atoms with Gasteiger partial charge in [-0.25, -0.2) is 13.9 Å². The third-order valence-corrected chi connectivity index (χ3v) is 5.77. The molecule has 2 aromatic rings. The van der Waals surface area contributed by atoms with Crippen molar-refractivity contribution in [2.24, 2.45) is 5.92 Å². The van der Waals surface area contributed by atoms with Gasteiger partial charge in [0.25, 0.3) is 5.91 Å². The lowest BCUT2D eigenvalue weighted by Crippen LogP contribution is -2.48. The quantitative estimate of drug-likeness (QED) is 0.561. The first-order chi connectivity index (χ1) is 11.3. The van der Waals surface area contributed by atoms with E-state index >= 15 is 0 Å². The molecule has 0 unspecified atom stereocenters. The fourth-order valence-corrected chi connectivity index (χ4v) is 4.41. The Bertz CT molecular complexity index is 885. The van der Waals surface area contributed by atoms with Crippen molar-refractivity contribution in [1.82, 2.24) is 10.2 Å². The molecule has 1 aromatic carbocycles. The van der Waals surface area contributed by atoms with Crippen LogP contribution in [0.1, 0.15) is 31.6 Å². The largest absolute Gasteiger partial charge is 0.461 e. The third kappa shape index (κ3) is 2.92. The van der Waals surface area contributed by atoms with Crippen molar-refractivity contribution in [2.45, 2.75) is 44.0 Å². The lowest BCUT2D eigenvalue weighted by atomic mass is 10.1. The maximum absolute atomic E-state index is 12.6. The van der Waals surface area contributed by atoms with Crippen LogP contribution in [0.4, 0.5) is 0 Å². The number of amides is 1. The SMILES string of the molecule is CC(C)[C@@H](NS(=O)(=O)c1ccc2c3c(oc2c1)CCC3)C(=O)NO. The lowest BCUT2D eigenvalue weighted by Gasteiger charge is -2.20. The standard InChI is InChI=1S/C16H20N2O5S/c1-9(2)15(16(19)17-20)18-24(21,22)10-6-7-12-11-4-3-5-13(11)23-14(12)8-10/h6-9,15,18,20H,3-5H2,1-2H3,(H,17,19)/t15-/m1/s1. The average Bonchev–Trinajstić information content (AvgIpc) is 3.11. The second kappa shape index (κ2) is 6.19. The molecule has 7 nitrogen and oxygen atoms in total. The number of hydrogen-bond acceptors (Lipinski definition) is 5. The van der Waals surface area contributed by atoms with Crippen LogP contribution >= 0.6 is 0 Å². The first-order valence-electron chi connectivity index (χ1n) is 7.84. The monoisotopic (exact) mass is 352 g/mol. The average molecular weight is 352 g/mol. The summed E-state index contributed by atoms with van der Waals surface area (Å²) in [6.45, 7) is 3.37. The molecule has 0 bridgehead atoms. The van der Waals surface area contributed by atoms with Crippen molar-refractivity contribution in [3.8, 4) is 0 Å². The molecule has 24 heavy (non-hydrogen) atoms. The van der Waals surface area contributed by atoms with E-state index in [1.54, 1.807) is 19.9 Å². The number of fused-ring (bicyclic) bond motifs is 3. The minimum Gasteiger partial charge on any atom is -0.461 e. The predicted octanol–water partition coefficient (Wildman–Crippen LogP) is 1.73. The fourth-order valence-electron chi connectivity index (χ4n) is 3.05. The Labute approximate surface area is 140 Å². The van der Waals surface area contributed by atoms with E-state index in [9.17, 15) is 13.2 Å². The Kier molecular flexibility index (Phi) is 4.37. The van der Waals surface area contributed by atoms with Gasteiger partial charge < -0.3 is 4.42 Å². The second-order valence-electron chi connectivity index (χ2n) is 6.33. The van der Waals surface area contributed by atoms with E-state index < -0.39 is 22.0 Å². The van der Waals surface area contributed by atoms with Crippen LogP contribution in [0.3, 0.4) is 0 Å². The Morgan fingerprint density at radius 2 is 2.04 bits per heavy atom. The molecule has 1 aliphatic rings.